The predicted molar refractivity (Wildman–Crippen MR) is 71.9 cm³/mol. The average molecular weight is 240 g/mol. The Morgan fingerprint density at radius 2 is 1.94 bits per heavy atom. The highest BCUT2D eigenvalue weighted by atomic mass is 16.2. The van der Waals surface area contributed by atoms with Crippen molar-refractivity contribution in [1.29, 1.82) is 0 Å². The van der Waals surface area contributed by atoms with E-state index >= 15 is 0 Å². The van der Waals surface area contributed by atoms with Gasteiger partial charge in [0.1, 0.15) is 0 Å². The van der Waals surface area contributed by atoms with Crippen molar-refractivity contribution in [3.63, 3.8) is 0 Å². The van der Waals surface area contributed by atoms with E-state index < -0.39 is 0 Å². The van der Waals surface area contributed by atoms with Gasteiger partial charge >= 0.3 is 0 Å². The first-order valence-corrected chi connectivity index (χ1v) is 6.97. The molecule has 1 fully saturated rings. The highest BCUT2D eigenvalue weighted by molar-refractivity contribution is 5.79. The third kappa shape index (κ3) is 3.98. The lowest BCUT2D eigenvalue weighted by molar-refractivity contribution is -0.138. The monoisotopic (exact) mass is 240 g/mol. The van der Waals surface area contributed by atoms with Crippen molar-refractivity contribution in [2.24, 2.45) is 11.8 Å². The van der Waals surface area contributed by atoms with Crippen molar-refractivity contribution in [3.05, 3.63) is 0 Å². The maximum Gasteiger partial charge on any atom is 0.225 e. The van der Waals surface area contributed by atoms with Crippen molar-refractivity contribution in [1.82, 2.24) is 10.2 Å². The molecule has 0 aromatic rings. The summed E-state index contributed by atoms with van der Waals surface area (Å²) in [5.74, 6) is 0.850. The fourth-order valence-corrected chi connectivity index (χ4v) is 2.25. The van der Waals surface area contributed by atoms with Crippen LogP contribution >= 0.6 is 0 Å². The molecule has 1 N–H and O–H groups in total. The number of carbonyl (C=O) groups is 1. The lowest BCUT2D eigenvalue weighted by Crippen LogP contribution is -2.47. The summed E-state index contributed by atoms with van der Waals surface area (Å²) >= 11 is 0. The van der Waals surface area contributed by atoms with Gasteiger partial charge in [0, 0.05) is 24.5 Å². The Hall–Kier alpha value is -0.570. The Morgan fingerprint density at radius 1 is 1.29 bits per heavy atom. The lowest BCUT2D eigenvalue weighted by atomic mass is 9.95. The Kier molecular flexibility index (Phi) is 5.44. The van der Waals surface area contributed by atoms with E-state index in [0.29, 0.717) is 23.9 Å². The topological polar surface area (TPSA) is 32.3 Å². The second kappa shape index (κ2) is 6.39. The normalized spacial score (nSPS) is 22.2. The number of nitrogens with zero attached hydrogens (tertiary/aromatic N) is 1. The summed E-state index contributed by atoms with van der Waals surface area (Å²) in [5.41, 5.74) is 0. The van der Waals surface area contributed by atoms with Crippen LogP contribution in [0.3, 0.4) is 0 Å². The van der Waals surface area contributed by atoms with E-state index in [4.69, 9.17) is 0 Å². The summed E-state index contributed by atoms with van der Waals surface area (Å²) in [7, 11) is 0. The van der Waals surface area contributed by atoms with E-state index in [-0.39, 0.29) is 5.92 Å². The van der Waals surface area contributed by atoms with E-state index in [1.165, 1.54) is 12.8 Å². The van der Waals surface area contributed by atoms with Gasteiger partial charge in [-0.2, -0.15) is 0 Å². The van der Waals surface area contributed by atoms with Crippen LogP contribution in [0, 0.1) is 11.8 Å². The third-order valence-electron chi connectivity index (χ3n) is 3.88. The number of amides is 1. The molecule has 2 atom stereocenters. The second-order valence-corrected chi connectivity index (χ2v) is 5.91. The molecule has 1 aliphatic rings. The van der Waals surface area contributed by atoms with Gasteiger partial charge in [0.2, 0.25) is 5.91 Å². The zero-order valence-corrected chi connectivity index (χ0v) is 12.0. The van der Waals surface area contributed by atoms with Crippen LogP contribution < -0.4 is 5.32 Å². The molecule has 3 nitrogen and oxygen atoms in total. The summed E-state index contributed by atoms with van der Waals surface area (Å²) in [6, 6.07) is 0.798. The second-order valence-electron chi connectivity index (χ2n) is 5.91. The largest absolute Gasteiger partial charge is 0.338 e. The van der Waals surface area contributed by atoms with E-state index in [1.807, 2.05) is 11.8 Å². The Labute approximate surface area is 106 Å². The van der Waals surface area contributed by atoms with Crippen LogP contribution in [0.2, 0.25) is 0 Å². The molecule has 2 unspecified atom stereocenters. The van der Waals surface area contributed by atoms with E-state index in [0.717, 1.165) is 13.1 Å². The third-order valence-corrected chi connectivity index (χ3v) is 3.88. The summed E-state index contributed by atoms with van der Waals surface area (Å²) < 4.78 is 0. The summed E-state index contributed by atoms with van der Waals surface area (Å²) in [6.45, 7) is 12.5. The molecule has 1 aliphatic heterocycles. The maximum atomic E-state index is 12.4. The van der Waals surface area contributed by atoms with Crippen LogP contribution in [-0.2, 0) is 4.79 Å². The zero-order chi connectivity index (χ0) is 13.0. The number of hydrogen-bond donors (Lipinski definition) is 1. The Balaban J connectivity index is 2.61. The van der Waals surface area contributed by atoms with Gasteiger partial charge in [-0.05, 0) is 39.2 Å². The molecule has 0 bridgehead atoms. The van der Waals surface area contributed by atoms with Gasteiger partial charge in [-0.1, -0.05) is 20.8 Å². The molecule has 0 saturated carbocycles. The summed E-state index contributed by atoms with van der Waals surface area (Å²) in [5, 5.41) is 3.47. The van der Waals surface area contributed by atoms with Crippen LogP contribution in [-0.4, -0.2) is 36.0 Å². The predicted octanol–water partition coefficient (Wildman–Crippen LogP) is 2.27. The molecule has 0 aliphatic carbocycles. The van der Waals surface area contributed by atoms with Gasteiger partial charge in [-0.25, -0.2) is 0 Å². The van der Waals surface area contributed by atoms with Gasteiger partial charge in [-0.3, -0.25) is 4.79 Å². The number of hydrogen-bond acceptors (Lipinski definition) is 2. The van der Waals surface area contributed by atoms with Crippen LogP contribution in [0.1, 0.15) is 47.5 Å². The Bertz CT molecular complexity index is 245. The number of rotatable bonds is 5. The first-order chi connectivity index (χ1) is 7.93. The summed E-state index contributed by atoms with van der Waals surface area (Å²) in [6.07, 6.45) is 2.44. The number of carbonyl (C=O) groups excluding carboxylic acids is 1. The van der Waals surface area contributed by atoms with E-state index in [1.54, 1.807) is 0 Å². The highest BCUT2D eigenvalue weighted by Gasteiger charge is 2.27. The quantitative estimate of drug-likeness (QED) is 0.799. The Morgan fingerprint density at radius 3 is 2.35 bits per heavy atom. The van der Waals surface area contributed by atoms with Gasteiger partial charge in [0.05, 0.1) is 0 Å². The zero-order valence-electron chi connectivity index (χ0n) is 12.0. The van der Waals surface area contributed by atoms with Gasteiger partial charge < -0.3 is 10.2 Å². The summed E-state index contributed by atoms with van der Waals surface area (Å²) in [4.78, 5) is 14.5. The molecule has 1 rings (SSSR count). The molecular weight excluding hydrogens is 212 g/mol. The lowest BCUT2D eigenvalue weighted by Gasteiger charge is -2.33. The molecule has 0 aromatic heterocycles. The van der Waals surface area contributed by atoms with Gasteiger partial charge in [0.25, 0.3) is 0 Å². The van der Waals surface area contributed by atoms with Gasteiger partial charge in [-0.15, -0.1) is 0 Å². The first kappa shape index (κ1) is 14.5. The number of nitrogens with one attached hydrogen (secondary N) is 1. The first-order valence-electron chi connectivity index (χ1n) is 6.97. The fraction of sp³-hybridized carbons (Fsp3) is 0.929. The van der Waals surface area contributed by atoms with E-state index in [9.17, 15) is 4.79 Å². The molecule has 3 heteroatoms. The average Bonchev–Trinajstić information content (AvgIpc) is 2.76. The molecule has 1 saturated heterocycles. The highest BCUT2D eigenvalue weighted by Crippen LogP contribution is 2.17. The minimum Gasteiger partial charge on any atom is -0.338 e. The molecule has 17 heavy (non-hydrogen) atoms. The minimum atomic E-state index is 0.124. The molecule has 1 amide bonds. The van der Waals surface area contributed by atoms with Crippen molar-refractivity contribution in [3.8, 4) is 0 Å². The maximum absolute atomic E-state index is 12.4. The molecule has 0 spiro atoms. The van der Waals surface area contributed by atoms with Crippen molar-refractivity contribution < 1.29 is 4.79 Å². The molecular formula is C14H28N2O. The van der Waals surface area contributed by atoms with Crippen LogP contribution in [0.25, 0.3) is 0 Å². The van der Waals surface area contributed by atoms with Crippen molar-refractivity contribution >= 4 is 5.91 Å². The minimum absolute atomic E-state index is 0.124. The molecule has 0 aromatic carbocycles. The molecule has 0 radical (unpaired) electrons. The fourth-order valence-electron chi connectivity index (χ4n) is 2.25. The van der Waals surface area contributed by atoms with E-state index in [2.05, 4.69) is 33.0 Å². The van der Waals surface area contributed by atoms with Crippen LogP contribution in [0.5, 0.6) is 0 Å². The van der Waals surface area contributed by atoms with Gasteiger partial charge in [0.15, 0.2) is 0 Å². The molecule has 1 heterocycles. The standard InChI is InChI=1S/C14H28N2O/c1-10(2)12(5)14(17)16(11(3)4)9-13-7-6-8-15-13/h10-13,15H,6-9H2,1-5H3. The smallest absolute Gasteiger partial charge is 0.225 e. The van der Waals surface area contributed by atoms with Crippen LogP contribution in [0.4, 0.5) is 0 Å². The SMILES string of the molecule is CC(C)C(C)C(=O)N(CC1CCCN1)C(C)C. The molecule has 100 valence electrons. The van der Waals surface area contributed by atoms with Crippen molar-refractivity contribution in [2.45, 2.75) is 59.5 Å². The van der Waals surface area contributed by atoms with Crippen LogP contribution in [0.15, 0.2) is 0 Å². The van der Waals surface area contributed by atoms with Crippen molar-refractivity contribution in [2.75, 3.05) is 13.1 Å².